The van der Waals surface area contributed by atoms with Crippen LogP contribution in [-0.2, 0) is 4.79 Å². The Morgan fingerprint density at radius 1 is 1.03 bits per heavy atom. The van der Waals surface area contributed by atoms with Gasteiger partial charge in [0.1, 0.15) is 12.1 Å². The first-order valence-electron chi connectivity index (χ1n) is 11.0. The van der Waals surface area contributed by atoms with Crippen molar-refractivity contribution in [2.75, 3.05) is 31.1 Å². The van der Waals surface area contributed by atoms with Gasteiger partial charge in [0, 0.05) is 32.1 Å². The van der Waals surface area contributed by atoms with Crippen molar-refractivity contribution < 1.29 is 9.18 Å². The van der Waals surface area contributed by atoms with E-state index in [2.05, 4.69) is 39.0 Å². The zero-order chi connectivity index (χ0) is 21.8. The molecule has 1 saturated heterocycles. The van der Waals surface area contributed by atoms with Crippen LogP contribution < -0.4 is 4.90 Å². The molecule has 4 rings (SSSR count). The van der Waals surface area contributed by atoms with Crippen molar-refractivity contribution >= 4 is 22.9 Å². The number of nitrogens with zero attached hydrogens (tertiary/aromatic N) is 7. The fourth-order valence-electron chi connectivity index (χ4n) is 4.21. The maximum absolute atomic E-state index is 13.3. The van der Waals surface area contributed by atoms with E-state index in [1.807, 2.05) is 4.90 Å². The van der Waals surface area contributed by atoms with Gasteiger partial charge in [0.05, 0.1) is 5.69 Å². The van der Waals surface area contributed by atoms with Gasteiger partial charge in [-0.15, -0.1) is 5.10 Å². The standard InChI is InChI=1S/C22H28FN7O/c1-3-5-16(6-4-2)22(31)29-13-11-28(12-14-29)20-19-21(25-15-24-20)30(27-26-19)18-9-7-17(23)8-10-18/h7-10,15-16H,3-6,11-14H2,1-2H3. The molecule has 0 bridgehead atoms. The van der Waals surface area contributed by atoms with Crippen LogP contribution in [0.25, 0.3) is 16.9 Å². The Morgan fingerprint density at radius 2 is 1.71 bits per heavy atom. The van der Waals surface area contributed by atoms with Crippen LogP contribution in [0.4, 0.5) is 10.2 Å². The van der Waals surface area contributed by atoms with Crippen molar-refractivity contribution in [3.63, 3.8) is 0 Å². The van der Waals surface area contributed by atoms with Crippen LogP contribution in [0.3, 0.4) is 0 Å². The van der Waals surface area contributed by atoms with Crippen molar-refractivity contribution in [1.82, 2.24) is 29.9 Å². The number of benzene rings is 1. The van der Waals surface area contributed by atoms with E-state index >= 15 is 0 Å². The molecule has 0 spiro atoms. The molecule has 2 aromatic heterocycles. The van der Waals surface area contributed by atoms with Crippen LogP contribution in [-0.4, -0.2) is 61.9 Å². The lowest BCUT2D eigenvalue weighted by atomic mass is 9.96. The number of fused-ring (bicyclic) bond motifs is 1. The fourth-order valence-corrected chi connectivity index (χ4v) is 4.21. The van der Waals surface area contributed by atoms with Gasteiger partial charge in [0.25, 0.3) is 0 Å². The number of hydrogen-bond donors (Lipinski definition) is 0. The monoisotopic (exact) mass is 425 g/mol. The largest absolute Gasteiger partial charge is 0.351 e. The normalized spacial score (nSPS) is 14.6. The number of halogens is 1. The highest BCUT2D eigenvalue weighted by Crippen LogP contribution is 2.25. The lowest BCUT2D eigenvalue weighted by molar-refractivity contribution is -0.136. The summed E-state index contributed by atoms with van der Waals surface area (Å²) in [6.45, 7) is 6.97. The molecule has 0 radical (unpaired) electrons. The highest BCUT2D eigenvalue weighted by molar-refractivity contribution is 5.84. The van der Waals surface area contributed by atoms with E-state index in [0.29, 0.717) is 48.8 Å². The minimum absolute atomic E-state index is 0.128. The molecule has 164 valence electrons. The first kappa shape index (κ1) is 21.1. The summed E-state index contributed by atoms with van der Waals surface area (Å²) in [6, 6.07) is 6.04. The molecule has 3 aromatic rings. The predicted molar refractivity (Wildman–Crippen MR) is 117 cm³/mol. The van der Waals surface area contributed by atoms with Gasteiger partial charge in [0.15, 0.2) is 17.0 Å². The number of anilines is 1. The van der Waals surface area contributed by atoms with Crippen molar-refractivity contribution in [1.29, 1.82) is 0 Å². The van der Waals surface area contributed by atoms with E-state index in [9.17, 15) is 9.18 Å². The molecule has 0 unspecified atom stereocenters. The molecule has 1 aromatic carbocycles. The molecule has 0 atom stereocenters. The lowest BCUT2D eigenvalue weighted by Gasteiger charge is -2.37. The second-order valence-electron chi connectivity index (χ2n) is 7.93. The second-order valence-corrected chi connectivity index (χ2v) is 7.93. The third kappa shape index (κ3) is 4.35. The molecule has 1 aliphatic rings. The van der Waals surface area contributed by atoms with E-state index < -0.39 is 0 Å². The van der Waals surface area contributed by atoms with Gasteiger partial charge in [-0.05, 0) is 37.1 Å². The average molecular weight is 426 g/mol. The van der Waals surface area contributed by atoms with Crippen molar-refractivity contribution in [3.8, 4) is 5.69 Å². The smallest absolute Gasteiger partial charge is 0.225 e. The van der Waals surface area contributed by atoms with E-state index in [1.54, 1.807) is 16.8 Å². The van der Waals surface area contributed by atoms with Crippen molar-refractivity contribution in [2.24, 2.45) is 5.92 Å². The molecule has 1 aliphatic heterocycles. The summed E-state index contributed by atoms with van der Waals surface area (Å²) in [7, 11) is 0. The summed E-state index contributed by atoms with van der Waals surface area (Å²) in [5, 5.41) is 8.50. The number of rotatable bonds is 7. The molecule has 0 saturated carbocycles. The van der Waals surface area contributed by atoms with Gasteiger partial charge < -0.3 is 9.80 Å². The van der Waals surface area contributed by atoms with Gasteiger partial charge in [-0.3, -0.25) is 4.79 Å². The number of amides is 1. The Hall–Kier alpha value is -3.10. The van der Waals surface area contributed by atoms with Gasteiger partial charge in [-0.25, -0.2) is 14.4 Å². The zero-order valence-corrected chi connectivity index (χ0v) is 18.0. The summed E-state index contributed by atoms with van der Waals surface area (Å²) >= 11 is 0. The maximum atomic E-state index is 13.3. The van der Waals surface area contributed by atoms with Crippen LogP contribution in [0.15, 0.2) is 30.6 Å². The Kier molecular flexibility index (Phi) is 6.39. The minimum atomic E-state index is -0.309. The third-order valence-electron chi connectivity index (χ3n) is 5.80. The summed E-state index contributed by atoms with van der Waals surface area (Å²) in [5.74, 6) is 0.807. The fraction of sp³-hybridized carbons (Fsp3) is 0.500. The third-order valence-corrected chi connectivity index (χ3v) is 5.80. The predicted octanol–water partition coefficient (Wildman–Crippen LogP) is 3.21. The number of hydrogen-bond acceptors (Lipinski definition) is 6. The number of piperazine rings is 1. The maximum Gasteiger partial charge on any atom is 0.225 e. The topological polar surface area (TPSA) is 80.0 Å². The molecule has 0 aliphatic carbocycles. The Bertz CT molecular complexity index is 1020. The van der Waals surface area contributed by atoms with Crippen LogP contribution in [0.5, 0.6) is 0 Å². The van der Waals surface area contributed by atoms with E-state index in [4.69, 9.17) is 0 Å². The first-order chi connectivity index (χ1) is 15.1. The molecule has 9 heteroatoms. The Morgan fingerprint density at radius 3 is 2.35 bits per heavy atom. The van der Waals surface area contributed by atoms with Crippen molar-refractivity contribution in [2.45, 2.75) is 39.5 Å². The number of carbonyl (C=O) groups is 1. The highest BCUT2D eigenvalue weighted by Gasteiger charge is 2.28. The molecule has 1 amide bonds. The molecular weight excluding hydrogens is 397 g/mol. The molecule has 1 fully saturated rings. The Balaban J connectivity index is 1.51. The van der Waals surface area contributed by atoms with E-state index in [0.717, 1.165) is 25.7 Å². The number of carbonyl (C=O) groups excluding carboxylic acids is 1. The van der Waals surface area contributed by atoms with Gasteiger partial charge in [-0.1, -0.05) is 31.9 Å². The summed E-state index contributed by atoms with van der Waals surface area (Å²) < 4.78 is 14.9. The quantitative estimate of drug-likeness (QED) is 0.578. The van der Waals surface area contributed by atoms with Crippen LogP contribution >= 0.6 is 0 Å². The zero-order valence-electron chi connectivity index (χ0n) is 18.0. The van der Waals surface area contributed by atoms with Gasteiger partial charge >= 0.3 is 0 Å². The van der Waals surface area contributed by atoms with E-state index in [-0.39, 0.29) is 17.6 Å². The minimum Gasteiger partial charge on any atom is -0.351 e. The highest BCUT2D eigenvalue weighted by atomic mass is 19.1. The van der Waals surface area contributed by atoms with E-state index in [1.165, 1.54) is 18.5 Å². The first-order valence-corrected chi connectivity index (χ1v) is 11.0. The van der Waals surface area contributed by atoms with Crippen LogP contribution in [0.1, 0.15) is 39.5 Å². The second kappa shape index (κ2) is 9.36. The van der Waals surface area contributed by atoms with Gasteiger partial charge in [0.2, 0.25) is 5.91 Å². The summed E-state index contributed by atoms with van der Waals surface area (Å²) in [4.78, 5) is 25.9. The summed E-state index contributed by atoms with van der Waals surface area (Å²) in [6.07, 6.45) is 5.45. The summed E-state index contributed by atoms with van der Waals surface area (Å²) in [5.41, 5.74) is 1.85. The van der Waals surface area contributed by atoms with Crippen molar-refractivity contribution in [3.05, 3.63) is 36.4 Å². The molecule has 31 heavy (non-hydrogen) atoms. The Labute approximate surface area is 181 Å². The molecule has 8 nitrogen and oxygen atoms in total. The van der Waals surface area contributed by atoms with Crippen LogP contribution in [0, 0.1) is 11.7 Å². The van der Waals surface area contributed by atoms with Gasteiger partial charge in [-0.2, -0.15) is 4.68 Å². The number of aromatic nitrogens is 5. The lowest BCUT2D eigenvalue weighted by Crippen LogP contribution is -2.50. The SMILES string of the molecule is CCCC(CCC)C(=O)N1CCN(c2ncnc3c2nnn3-c2ccc(F)cc2)CC1. The molecule has 0 N–H and O–H groups in total. The van der Waals surface area contributed by atoms with Crippen LogP contribution in [0.2, 0.25) is 0 Å². The average Bonchev–Trinajstić information content (AvgIpc) is 3.23. The molecule has 3 heterocycles. The molecular formula is C22H28FN7O.